The topological polar surface area (TPSA) is 82.8 Å². The van der Waals surface area contributed by atoms with Crippen LogP contribution in [0.1, 0.15) is 63.4 Å². The number of carbonyl (C=O) groups is 1. The predicted octanol–water partition coefficient (Wildman–Crippen LogP) is 6.88. The predicted molar refractivity (Wildman–Crippen MR) is 168 cm³/mol. The summed E-state index contributed by atoms with van der Waals surface area (Å²) in [5.74, 6) is 0.173. The van der Waals surface area contributed by atoms with Gasteiger partial charge in [0.2, 0.25) is 0 Å². The Kier molecular flexibility index (Phi) is 7.39. The van der Waals surface area contributed by atoms with E-state index in [1.54, 1.807) is 0 Å². The summed E-state index contributed by atoms with van der Waals surface area (Å²) in [7, 11) is 0. The third-order valence-corrected chi connectivity index (χ3v) is 11.0. The molecule has 0 amide bonds. The van der Waals surface area contributed by atoms with E-state index < -0.39 is 18.4 Å². The summed E-state index contributed by atoms with van der Waals surface area (Å²) in [6, 6.07) is 18.6. The summed E-state index contributed by atoms with van der Waals surface area (Å²) in [5.41, 5.74) is 6.48. The van der Waals surface area contributed by atoms with Crippen LogP contribution in [-0.4, -0.2) is 46.3 Å². The monoisotopic (exact) mass is 594 g/mol. The van der Waals surface area contributed by atoms with Gasteiger partial charge in [0.1, 0.15) is 18.4 Å². The maximum Gasteiger partial charge on any atom is 0.336 e. The van der Waals surface area contributed by atoms with Gasteiger partial charge in [-0.05, 0) is 68.4 Å². The molecule has 4 aliphatic rings. The van der Waals surface area contributed by atoms with Crippen molar-refractivity contribution in [3.05, 3.63) is 95.7 Å². The number of aryl methyl sites for hydroxylation is 1. The number of rotatable bonds is 5. The molecule has 1 aromatic heterocycles. The fourth-order valence-corrected chi connectivity index (χ4v) is 8.57. The largest absolute Gasteiger partial charge is 0.459 e. The van der Waals surface area contributed by atoms with Crippen LogP contribution in [-0.2, 0) is 19.0 Å². The molecule has 3 heterocycles. The molecular weight excluding hydrogens is 552 g/mol. The fourth-order valence-electron chi connectivity index (χ4n) is 8.57. The zero-order valence-corrected chi connectivity index (χ0v) is 25.9. The van der Waals surface area contributed by atoms with Gasteiger partial charge in [-0.1, -0.05) is 80.1 Å². The van der Waals surface area contributed by atoms with Crippen LogP contribution in [0.4, 0.5) is 0 Å². The Hall–Kier alpha value is -3.52. The number of nitrogens with zero attached hydrogens (tertiary/aromatic N) is 2. The number of ether oxygens (including phenoxy) is 3. The summed E-state index contributed by atoms with van der Waals surface area (Å²) in [4.78, 5) is 12.2. The Morgan fingerprint density at radius 2 is 1.86 bits per heavy atom. The van der Waals surface area contributed by atoms with Crippen LogP contribution in [0.3, 0.4) is 0 Å². The number of aromatic nitrogens is 2. The van der Waals surface area contributed by atoms with Crippen molar-refractivity contribution in [2.24, 2.45) is 22.7 Å². The molecule has 7 atom stereocenters. The van der Waals surface area contributed by atoms with Gasteiger partial charge in [0.15, 0.2) is 6.29 Å². The average molecular weight is 595 g/mol. The van der Waals surface area contributed by atoms with Crippen molar-refractivity contribution in [1.29, 1.82) is 0 Å². The number of benzene rings is 2. The molecule has 0 spiro atoms. The zero-order chi connectivity index (χ0) is 30.6. The average Bonchev–Trinajstić information content (AvgIpc) is 3.60. The number of allylic oxidation sites excluding steroid dienone is 2. The Morgan fingerprint density at radius 1 is 1.09 bits per heavy atom. The van der Waals surface area contributed by atoms with Crippen molar-refractivity contribution in [1.82, 2.24) is 9.78 Å². The lowest BCUT2D eigenvalue weighted by molar-refractivity contribution is -0.307. The van der Waals surface area contributed by atoms with Gasteiger partial charge in [-0.25, -0.2) is 9.48 Å². The molecule has 4 fully saturated rings. The van der Waals surface area contributed by atoms with Crippen LogP contribution in [0.25, 0.3) is 16.9 Å². The second kappa shape index (κ2) is 11.1. The Morgan fingerprint density at radius 3 is 2.59 bits per heavy atom. The minimum absolute atomic E-state index is 0.0179. The van der Waals surface area contributed by atoms with Crippen molar-refractivity contribution in [2.45, 2.75) is 71.4 Å². The second-order valence-corrected chi connectivity index (χ2v) is 13.7. The molecule has 2 saturated heterocycles. The van der Waals surface area contributed by atoms with E-state index >= 15 is 0 Å². The molecule has 7 heteroatoms. The molecular formula is C37H42N2O5. The SMILES string of the molecule is C=C1CC[C@@H]2[C@]3(C)COC(c4cn(-c5ccccc5)nc4-c4ccc(C)cc4)O[C@@H]3CC[C@@]2(C)[C@@H]1C/C=C1/C(=O)OCC1O. The first-order valence-electron chi connectivity index (χ1n) is 15.9. The molecule has 2 aromatic carbocycles. The van der Waals surface area contributed by atoms with Gasteiger partial charge in [0.05, 0.1) is 29.5 Å². The number of aliphatic hydroxyl groups excluding tert-OH is 1. The number of aliphatic hydroxyl groups is 1. The Bertz CT molecular complexity index is 1590. The summed E-state index contributed by atoms with van der Waals surface area (Å²) < 4.78 is 20.6. The molecule has 1 N–H and O–H groups in total. The van der Waals surface area contributed by atoms with Crippen LogP contribution in [0, 0.1) is 29.6 Å². The highest BCUT2D eigenvalue weighted by atomic mass is 16.7. The normalized spacial score (nSPS) is 34.5. The third kappa shape index (κ3) is 4.86. The zero-order valence-electron chi connectivity index (χ0n) is 25.9. The number of hydrogen-bond donors (Lipinski definition) is 1. The summed E-state index contributed by atoms with van der Waals surface area (Å²) in [5, 5.41) is 15.3. The molecule has 0 bridgehead atoms. The van der Waals surface area contributed by atoms with Gasteiger partial charge in [-0.3, -0.25) is 0 Å². The fraction of sp³-hybridized carbons (Fsp3) is 0.459. The van der Waals surface area contributed by atoms with Crippen LogP contribution in [0.2, 0.25) is 0 Å². The molecule has 3 aromatic rings. The summed E-state index contributed by atoms with van der Waals surface area (Å²) in [6.45, 7) is 11.9. The van der Waals surface area contributed by atoms with Gasteiger partial charge >= 0.3 is 5.97 Å². The smallest absolute Gasteiger partial charge is 0.336 e. The Balaban J connectivity index is 1.17. The lowest BCUT2D eigenvalue weighted by atomic mass is 9.46. The van der Waals surface area contributed by atoms with Crippen molar-refractivity contribution >= 4 is 5.97 Å². The maximum absolute atomic E-state index is 12.2. The van der Waals surface area contributed by atoms with E-state index in [0.717, 1.165) is 48.2 Å². The first-order chi connectivity index (χ1) is 21.2. The van der Waals surface area contributed by atoms with E-state index in [1.165, 1.54) is 11.1 Å². The number of esters is 1. The highest BCUT2D eigenvalue weighted by Crippen LogP contribution is 2.64. The van der Waals surface area contributed by atoms with Crippen LogP contribution in [0.5, 0.6) is 0 Å². The van der Waals surface area contributed by atoms with E-state index in [1.807, 2.05) is 29.0 Å². The highest BCUT2D eigenvalue weighted by Gasteiger charge is 2.60. The lowest BCUT2D eigenvalue weighted by Crippen LogP contribution is -2.60. The van der Waals surface area contributed by atoms with E-state index in [2.05, 4.69) is 69.9 Å². The molecule has 230 valence electrons. The maximum atomic E-state index is 12.2. The second-order valence-electron chi connectivity index (χ2n) is 13.7. The van der Waals surface area contributed by atoms with Crippen molar-refractivity contribution in [2.75, 3.05) is 13.2 Å². The molecule has 2 aliphatic heterocycles. The number of carbonyl (C=O) groups excluding carboxylic acids is 1. The minimum atomic E-state index is -0.843. The minimum Gasteiger partial charge on any atom is -0.459 e. The molecule has 7 rings (SSSR count). The van der Waals surface area contributed by atoms with Gasteiger partial charge in [-0.2, -0.15) is 5.10 Å². The quantitative estimate of drug-likeness (QED) is 0.197. The standard InChI is InChI=1S/C37H42N2O5/c1-23-10-13-25(14-11-23)33-28(20-39(38-33)26-8-6-5-7-9-26)35-43-22-37(4)31-17-12-24(2)29(36(31,3)19-18-32(37)44-35)16-15-27-30(40)21-42-34(27)41/h5-11,13-15,20,29-32,35,40H,2,12,16-19,21-22H2,1,3-4H3/b27-15+/t29-,30?,31+,32-,35?,36+,37+/m1/s1. The van der Waals surface area contributed by atoms with Crippen LogP contribution in [0.15, 0.2) is 84.6 Å². The molecule has 2 unspecified atom stereocenters. The number of cyclic esters (lactones) is 1. The van der Waals surface area contributed by atoms with Gasteiger partial charge in [-0.15, -0.1) is 0 Å². The first kappa shape index (κ1) is 29.2. The third-order valence-electron chi connectivity index (χ3n) is 11.0. The first-order valence-corrected chi connectivity index (χ1v) is 15.9. The molecule has 0 radical (unpaired) electrons. The molecule has 44 heavy (non-hydrogen) atoms. The number of fused-ring (bicyclic) bond motifs is 3. The highest BCUT2D eigenvalue weighted by molar-refractivity contribution is 5.91. The Labute approximate surface area is 259 Å². The summed E-state index contributed by atoms with van der Waals surface area (Å²) >= 11 is 0. The van der Waals surface area contributed by atoms with Crippen molar-refractivity contribution in [3.63, 3.8) is 0 Å². The van der Waals surface area contributed by atoms with Crippen molar-refractivity contribution < 1.29 is 24.1 Å². The van der Waals surface area contributed by atoms with Gasteiger partial charge < -0.3 is 19.3 Å². The number of para-hydroxylation sites is 1. The van der Waals surface area contributed by atoms with Gasteiger partial charge in [0, 0.05) is 17.2 Å². The van der Waals surface area contributed by atoms with Crippen LogP contribution < -0.4 is 0 Å². The van der Waals surface area contributed by atoms with Gasteiger partial charge in [0.25, 0.3) is 0 Å². The lowest BCUT2D eigenvalue weighted by Gasteiger charge is -2.62. The van der Waals surface area contributed by atoms with Crippen LogP contribution >= 0.6 is 0 Å². The molecule has 2 saturated carbocycles. The number of hydrogen-bond acceptors (Lipinski definition) is 6. The van der Waals surface area contributed by atoms with E-state index in [9.17, 15) is 9.90 Å². The molecule has 7 nitrogen and oxygen atoms in total. The molecule has 2 aliphatic carbocycles. The van der Waals surface area contributed by atoms with E-state index in [-0.39, 0.29) is 29.5 Å². The van der Waals surface area contributed by atoms with E-state index in [4.69, 9.17) is 19.3 Å². The van der Waals surface area contributed by atoms with E-state index in [0.29, 0.717) is 24.5 Å². The van der Waals surface area contributed by atoms with Crippen molar-refractivity contribution in [3.8, 4) is 16.9 Å². The summed E-state index contributed by atoms with van der Waals surface area (Å²) in [6.07, 6.45) is 7.22.